The van der Waals surface area contributed by atoms with Gasteiger partial charge in [-0.1, -0.05) is 81.4 Å². The number of rotatable bonds is 6. The summed E-state index contributed by atoms with van der Waals surface area (Å²) in [4.78, 5) is 0. The van der Waals surface area contributed by atoms with Crippen molar-refractivity contribution in [1.29, 1.82) is 0 Å². The molecule has 0 spiro atoms. The smallest absolute Gasteiger partial charge is 0.261 e. The third-order valence-corrected chi connectivity index (χ3v) is 10.5. The first kappa shape index (κ1) is 21.2. The molecule has 2 aromatic rings. The van der Waals surface area contributed by atoms with E-state index in [0.717, 1.165) is 10.4 Å². The van der Waals surface area contributed by atoms with E-state index in [1.54, 1.807) is 0 Å². The van der Waals surface area contributed by atoms with E-state index in [1.807, 2.05) is 36.4 Å². The lowest BCUT2D eigenvalue weighted by Gasteiger charge is -2.43. The maximum Gasteiger partial charge on any atom is 0.261 e. The predicted molar refractivity (Wildman–Crippen MR) is 111 cm³/mol. The fourth-order valence-electron chi connectivity index (χ4n) is 4.08. The fraction of sp³-hybridized carbons (Fsp3) is 0.455. The van der Waals surface area contributed by atoms with Gasteiger partial charge in [-0.05, 0) is 15.4 Å². The Bertz CT molecular complexity index is 707. The van der Waals surface area contributed by atoms with E-state index in [4.69, 9.17) is 13.9 Å². The average molecular weight is 403 g/mol. The molecule has 1 saturated heterocycles. The summed E-state index contributed by atoms with van der Waals surface area (Å²) in [5.41, 5.74) is 0. The van der Waals surface area contributed by atoms with E-state index in [0.29, 0.717) is 0 Å². The average Bonchev–Trinajstić information content (AvgIpc) is 2.95. The van der Waals surface area contributed by atoms with Gasteiger partial charge in [0.05, 0.1) is 6.61 Å². The Balaban J connectivity index is 2.00. The van der Waals surface area contributed by atoms with Crippen LogP contribution >= 0.6 is 0 Å². The van der Waals surface area contributed by atoms with Gasteiger partial charge in [0, 0.05) is 7.11 Å². The molecule has 0 amide bonds. The lowest BCUT2D eigenvalue weighted by Crippen LogP contribution is -2.67. The first-order valence-corrected chi connectivity index (χ1v) is 11.5. The van der Waals surface area contributed by atoms with E-state index in [-0.39, 0.29) is 11.6 Å². The third kappa shape index (κ3) is 3.81. The van der Waals surface area contributed by atoms with Gasteiger partial charge in [-0.2, -0.15) is 0 Å². The topological polar surface area (TPSA) is 68.2 Å². The molecule has 5 nitrogen and oxygen atoms in total. The minimum atomic E-state index is -2.71. The lowest BCUT2D eigenvalue weighted by molar-refractivity contribution is -0.139. The van der Waals surface area contributed by atoms with Crippen molar-refractivity contribution in [2.45, 2.75) is 50.4 Å². The number of hydrogen-bond acceptors (Lipinski definition) is 5. The molecular weight excluding hydrogens is 372 g/mol. The molecule has 28 heavy (non-hydrogen) atoms. The molecule has 152 valence electrons. The molecule has 0 saturated carbocycles. The third-order valence-electron chi connectivity index (χ3n) is 5.47. The van der Waals surface area contributed by atoms with Crippen LogP contribution in [0.4, 0.5) is 0 Å². The largest absolute Gasteiger partial charge is 0.405 e. The van der Waals surface area contributed by atoms with Crippen LogP contribution in [0, 0.1) is 0 Å². The lowest BCUT2D eigenvalue weighted by atomic mass is 10.1. The van der Waals surface area contributed by atoms with Gasteiger partial charge in [0.25, 0.3) is 8.32 Å². The number of aliphatic hydroxyl groups excluding tert-OH is 2. The summed E-state index contributed by atoms with van der Waals surface area (Å²) in [7, 11) is -1.26. The zero-order valence-corrected chi connectivity index (χ0v) is 17.9. The van der Waals surface area contributed by atoms with Gasteiger partial charge in [0.2, 0.25) is 0 Å². The summed E-state index contributed by atoms with van der Waals surface area (Å²) in [5.74, 6) is 0. The van der Waals surface area contributed by atoms with Gasteiger partial charge in [-0.3, -0.25) is 0 Å². The van der Waals surface area contributed by atoms with Gasteiger partial charge in [0.1, 0.15) is 18.3 Å². The Morgan fingerprint density at radius 2 is 1.43 bits per heavy atom. The summed E-state index contributed by atoms with van der Waals surface area (Å²) >= 11 is 0. The van der Waals surface area contributed by atoms with Gasteiger partial charge < -0.3 is 24.1 Å². The normalized spacial score (nSPS) is 25.8. The fourth-order valence-corrected chi connectivity index (χ4v) is 8.65. The Morgan fingerprint density at radius 3 is 1.82 bits per heavy atom. The van der Waals surface area contributed by atoms with Crippen molar-refractivity contribution in [2.75, 3.05) is 13.7 Å². The Labute approximate surface area is 168 Å². The van der Waals surface area contributed by atoms with E-state index in [9.17, 15) is 10.2 Å². The molecule has 0 aromatic heterocycles. The molecule has 0 unspecified atom stereocenters. The molecule has 6 heteroatoms. The molecule has 1 aliphatic rings. The second-order valence-corrected chi connectivity index (χ2v) is 12.5. The minimum absolute atomic E-state index is 0.168. The molecule has 2 N–H and O–H groups in total. The maximum absolute atomic E-state index is 10.5. The first-order chi connectivity index (χ1) is 13.3. The summed E-state index contributed by atoms with van der Waals surface area (Å²) in [6.45, 7) is 6.75. The van der Waals surface area contributed by atoms with E-state index in [1.165, 1.54) is 7.11 Å². The van der Waals surface area contributed by atoms with Crippen LogP contribution in [-0.4, -0.2) is 56.8 Å². The Morgan fingerprint density at radius 1 is 0.929 bits per heavy atom. The molecule has 0 radical (unpaired) electrons. The van der Waals surface area contributed by atoms with Crippen LogP contribution < -0.4 is 10.4 Å². The van der Waals surface area contributed by atoms with Gasteiger partial charge in [0.15, 0.2) is 6.29 Å². The van der Waals surface area contributed by atoms with Gasteiger partial charge >= 0.3 is 0 Å². The van der Waals surface area contributed by atoms with E-state index < -0.39 is 32.9 Å². The van der Waals surface area contributed by atoms with Crippen molar-refractivity contribution in [2.24, 2.45) is 0 Å². The van der Waals surface area contributed by atoms with Gasteiger partial charge in [-0.15, -0.1) is 0 Å². The van der Waals surface area contributed by atoms with Crippen LogP contribution in [0.1, 0.15) is 20.8 Å². The zero-order chi connectivity index (χ0) is 20.4. The second-order valence-electron chi connectivity index (χ2n) is 8.23. The van der Waals surface area contributed by atoms with Crippen molar-refractivity contribution in [3.8, 4) is 0 Å². The van der Waals surface area contributed by atoms with Crippen molar-refractivity contribution >= 4 is 18.7 Å². The number of aliphatic hydroxyl groups is 2. The minimum Gasteiger partial charge on any atom is -0.405 e. The van der Waals surface area contributed by atoms with Crippen molar-refractivity contribution < 1.29 is 24.1 Å². The van der Waals surface area contributed by atoms with Crippen LogP contribution in [0.15, 0.2) is 60.7 Å². The van der Waals surface area contributed by atoms with Crippen LogP contribution in [0.25, 0.3) is 0 Å². The van der Waals surface area contributed by atoms with Crippen molar-refractivity contribution in [3.05, 3.63) is 60.7 Å². The summed E-state index contributed by atoms with van der Waals surface area (Å²) in [6, 6.07) is 20.6. The summed E-state index contributed by atoms with van der Waals surface area (Å²) in [5, 5.41) is 22.6. The molecule has 0 aliphatic carbocycles. The SMILES string of the molecule is CO[C@@H]1[C@H](O)[C@@H](CO[Si](c2ccccc2)(c2ccccc2)C(C)(C)C)O[C@H]1O. The zero-order valence-electron chi connectivity index (χ0n) is 16.9. The van der Waals surface area contributed by atoms with Crippen LogP contribution in [0.2, 0.25) is 5.04 Å². The number of methoxy groups -OCH3 is 1. The maximum atomic E-state index is 10.5. The highest BCUT2D eigenvalue weighted by Crippen LogP contribution is 2.37. The highest BCUT2D eigenvalue weighted by atomic mass is 28.4. The van der Waals surface area contributed by atoms with Crippen LogP contribution in [0.5, 0.6) is 0 Å². The molecule has 1 aliphatic heterocycles. The standard InChI is InChI=1S/C22H30O5Si/c1-22(2,3)28(16-11-7-5-8-12-16,17-13-9-6-10-14-17)26-15-18-19(23)20(25-4)21(24)27-18/h5-14,18-21,23-24H,15H2,1-4H3/t18-,19-,20-,21-/m1/s1. The monoisotopic (exact) mass is 402 g/mol. The Kier molecular flexibility index (Phi) is 6.39. The van der Waals surface area contributed by atoms with Crippen LogP contribution in [0.3, 0.4) is 0 Å². The van der Waals surface area contributed by atoms with E-state index >= 15 is 0 Å². The molecule has 0 bridgehead atoms. The van der Waals surface area contributed by atoms with Crippen molar-refractivity contribution in [1.82, 2.24) is 0 Å². The second kappa shape index (κ2) is 8.45. The van der Waals surface area contributed by atoms with Crippen molar-refractivity contribution in [3.63, 3.8) is 0 Å². The van der Waals surface area contributed by atoms with Crippen LogP contribution in [-0.2, 0) is 13.9 Å². The van der Waals surface area contributed by atoms with Gasteiger partial charge in [-0.25, -0.2) is 0 Å². The highest BCUT2D eigenvalue weighted by Gasteiger charge is 2.52. The molecular formula is C22H30O5Si. The summed E-state index contributed by atoms with van der Waals surface area (Å²) < 4.78 is 17.4. The summed E-state index contributed by atoms with van der Waals surface area (Å²) in [6.07, 6.45) is -3.53. The Hall–Kier alpha value is -1.54. The molecule has 4 atom stereocenters. The molecule has 2 aromatic carbocycles. The number of ether oxygens (including phenoxy) is 2. The molecule has 1 heterocycles. The number of benzene rings is 2. The first-order valence-electron chi connectivity index (χ1n) is 9.60. The van der Waals surface area contributed by atoms with E-state index in [2.05, 4.69) is 45.0 Å². The predicted octanol–water partition coefficient (Wildman–Crippen LogP) is 1.66. The quantitative estimate of drug-likeness (QED) is 0.720. The molecule has 3 rings (SSSR count). The highest BCUT2D eigenvalue weighted by molar-refractivity contribution is 6.99. The number of hydrogen-bond donors (Lipinski definition) is 2. The molecule has 1 fully saturated rings.